The van der Waals surface area contributed by atoms with Gasteiger partial charge in [0.1, 0.15) is 29.2 Å². The van der Waals surface area contributed by atoms with Crippen molar-refractivity contribution in [2.45, 2.75) is 121 Å². The smallest absolute Gasteiger partial charge is 0.480 e. The van der Waals surface area contributed by atoms with Gasteiger partial charge < -0.3 is 28.6 Å². The van der Waals surface area contributed by atoms with Crippen LogP contribution in [0.25, 0.3) is 32.9 Å². The van der Waals surface area contributed by atoms with Crippen LogP contribution in [0.1, 0.15) is 84.3 Å². The van der Waals surface area contributed by atoms with Crippen LogP contribution in [-0.2, 0) is 58.8 Å². The molecule has 2 saturated carbocycles. The highest BCUT2D eigenvalue weighted by atomic mass is 79.9. The summed E-state index contributed by atoms with van der Waals surface area (Å²) < 4.78 is 98.2. The van der Waals surface area contributed by atoms with E-state index < -0.39 is 50.0 Å². The summed E-state index contributed by atoms with van der Waals surface area (Å²) in [7, 11) is -1.49. The van der Waals surface area contributed by atoms with Gasteiger partial charge >= 0.3 is 19.2 Å². The normalized spacial score (nSPS) is 18.5. The summed E-state index contributed by atoms with van der Waals surface area (Å²) in [6.45, 7) is 9.50. The molecular weight excluding hydrogens is 1250 g/mol. The minimum Gasteiger partial charge on any atom is -0.480 e. The zero-order valence-corrected chi connectivity index (χ0v) is 53.2. The van der Waals surface area contributed by atoms with E-state index in [0.29, 0.717) is 26.0 Å². The van der Waals surface area contributed by atoms with Gasteiger partial charge in [0.25, 0.3) is 5.91 Å². The number of likely N-dealkylation sites (N-methyl/N-ethyl adjacent to an activating group) is 2. The molecule has 4 aromatic heterocycles. The molecule has 2 aliphatic carbocycles. The molecule has 8 aromatic rings. The van der Waals surface area contributed by atoms with Crippen molar-refractivity contribution in [3.05, 3.63) is 150 Å². The lowest BCUT2D eigenvalue weighted by Crippen LogP contribution is -2.44. The molecule has 1 saturated heterocycles. The fourth-order valence-electron chi connectivity index (χ4n) is 12.0. The Morgan fingerprint density at radius 2 is 1.08 bits per heavy atom. The van der Waals surface area contributed by atoms with Crippen LogP contribution in [-0.4, -0.2) is 105 Å². The largest absolute Gasteiger partial charge is 0.494 e. The summed E-state index contributed by atoms with van der Waals surface area (Å²) in [5.41, 5.74) is 5.58. The molecule has 0 N–H and O–H groups in total. The van der Waals surface area contributed by atoms with Crippen molar-refractivity contribution in [2.75, 3.05) is 38.1 Å². The van der Waals surface area contributed by atoms with Crippen molar-refractivity contribution < 1.29 is 59.5 Å². The van der Waals surface area contributed by atoms with E-state index in [-0.39, 0.29) is 54.9 Å². The number of nitrogens with zero attached hydrogens (tertiary/aromatic N) is 8. The van der Waals surface area contributed by atoms with Crippen molar-refractivity contribution in [1.29, 1.82) is 0 Å². The number of ether oxygens (including phenoxy) is 2. The number of rotatable bonds is 8. The van der Waals surface area contributed by atoms with Gasteiger partial charge in [-0.1, -0.05) is 67.4 Å². The van der Waals surface area contributed by atoms with E-state index in [1.165, 1.54) is 63.9 Å². The monoisotopic (exact) mass is 1310 g/mol. The Morgan fingerprint density at radius 3 is 1.54 bits per heavy atom. The minimum atomic E-state index is -5.33. The Balaban J connectivity index is 0.000000147. The van der Waals surface area contributed by atoms with Crippen LogP contribution in [0.15, 0.2) is 167 Å². The molecule has 3 aliphatic heterocycles. The zero-order valence-electron chi connectivity index (χ0n) is 50.0. The lowest BCUT2D eigenvalue weighted by atomic mass is 9.64. The van der Waals surface area contributed by atoms with Gasteiger partial charge in [-0.05, 0) is 135 Å². The number of hydrogen-bond acceptors (Lipinski definition) is 14. The van der Waals surface area contributed by atoms with Gasteiger partial charge in [0, 0.05) is 65.3 Å². The van der Waals surface area contributed by atoms with Crippen molar-refractivity contribution in [3.8, 4) is 22.9 Å². The number of carbonyl (C=O) groups is 4. The van der Waals surface area contributed by atoms with Crippen LogP contribution in [0.4, 0.5) is 24.5 Å². The Labute approximate surface area is 521 Å². The van der Waals surface area contributed by atoms with Crippen LogP contribution < -0.4 is 24.7 Å². The summed E-state index contributed by atoms with van der Waals surface area (Å²) >= 11 is 3.29. The van der Waals surface area contributed by atoms with Gasteiger partial charge in [-0.3, -0.25) is 29.1 Å². The Kier molecular flexibility index (Phi) is 16.3. The fourth-order valence-corrected chi connectivity index (χ4v) is 16.5. The third-order valence-corrected chi connectivity index (χ3v) is 22.5. The fraction of sp³-hybridized carbons (Fsp3) is 0.312. The molecule has 0 radical (unpaired) electrons. The molecule has 18 nitrogen and oxygen atoms in total. The van der Waals surface area contributed by atoms with Crippen LogP contribution >= 0.6 is 15.9 Å². The van der Waals surface area contributed by atoms with Crippen molar-refractivity contribution in [3.63, 3.8) is 0 Å². The topological polar surface area (TPSA) is 222 Å². The molecule has 0 bridgehead atoms. The predicted octanol–water partition coefficient (Wildman–Crippen LogP) is 11.9. The van der Waals surface area contributed by atoms with E-state index in [2.05, 4.69) is 78.4 Å². The molecule has 7 heterocycles. The number of alkyl halides is 3. The summed E-state index contributed by atoms with van der Waals surface area (Å²) in [6.07, 6.45) is 6.51. The lowest BCUT2D eigenvalue weighted by Gasteiger charge is -2.37. The number of hydrogen-bond donors (Lipinski definition) is 0. The van der Waals surface area contributed by atoms with Gasteiger partial charge in [0.15, 0.2) is 0 Å². The zero-order chi connectivity index (χ0) is 63.8. The van der Waals surface area contributed by atoms with Crippen molar-refractivity contribution in [2.24, 2.45) is 8.73 Å². The highest BCUT2D eigenvalue weighted by Gasteiger charge is 2.57. The van der Waals surface area contributed by atoms with Crippen LogP contribution in [0.3, 0.4) is 0 Å². The number of halogens is 4. The maximum absolute atomic E-state index is 14.3. The highest BCUT2D eigenvalue weighted by Crippen LogP contribution is 2.56. The molecule has 3 fully saturated rings. The number of methoxy groups -OCH3 is 2. The molecule has 2 atom stereocenters. The molecule has 2 spiro atoms. The van der Waals surface area contributed by atoms with Crippen LogP contribution in [0, 0.1) is 0 Å². The molecule has 25 heteroatoms. The quantitative estimate of drug-likeness (QED) is 0.129. The number of pyridine rings is 4. The highest BCUT2D eigenvalue weighted by molar-refractivity contribution is 9.10. The third kappa shape index (κ3) is 10.7. The predicted molar refractivity (Wildman–Crippen MR) is 334 cm³/mol. The Morgan fingerprint density at radius 1 is 0.618 bits per heavy atom. The molecule has 13 rings (SSSR count). The maximum atomic E-state index is 14.3. The first-order valence-corrected chi connectivity index (χ1v) is 32.2. The second kappa shape index (κ2) is 23.1. The number of fused-ring (bicyclic) bond motifs is 8. The van der Waals surface area contributed by atoms with E-state index >= 15 is 0 Å². The van der Waals surface area contributed by atoms with Gasteiger partial charge in [0.2, 0.25) is 23.6 Å². The van der Waals surface area contributed by atoms with E-state index in [9.17, 15) is 40.8 Å². The number of benzene rings is 4. The van der Waals surface area contributed by atoms with Crippen LogP contribution in [0.5, 0.6) is 11.8 Å². The average molecular weight is 1310 g/mol. The molecule has 460 valence electrons. The number of anilines is 2. The summed E-state index contributed by atoms with van der Waals surface area (Å²) in [6, 6.07) is 30.4. The van der Waals surface area contributed by atoms with E-state index in [0.717, 1.165) is 82.8 Å². The minimum absolute atomic E-state index is 0.0328. The molecule has 2 unspecified atom stereocenters. The first kappa shape index (κ1) is 62.6. The second-order valence-corrected chi connectivity index (χ2v) is 28.5. The summed E-state index contributed by atoms with van der Waals surface area (Å²) in [5.74, 6) is -2.82. The van der Waals surface area contributed by atoms with Gasteiger partial charge in [-0.15, -0.1) is 4.36 Å². The molecule has 4 amide bonds. The van der Waals surface area contributed by atoms with Crippen LogP contribution in [0.2, 0.25) is 0 Å². The number of carbonyl (C=O) groups excluding carboxylic acids is 4. The average Bonchev–Trinajstić information content (AvgIpc) is 1.58. The number of amides is 4. The number of aromatic nitrogens is 4. The first-order chi connectivity index (χ1) is 42.1. The van der Waals surface area contributed by atoms with Gasteiger partial charge in [-0.25, -0.2) is 18.4 Å². The van der Waals surface area contributed by atoms with E-state index in [4.69, 9.17) is 18.8 Å². The van der Waals surface area contributed by atoms with Crippen molar-refractivity contribution >= 4 is 105 Å². The summed E-state index contributed by atoms with van der Waals surface area (Å²) in [4.78, 5) is 70.9. The SMILES string of the molecule is CN1C(=O)C2(CCC2)c2c1cnc1ccc(B3OC(C)(C)C(C)(C)O3)cc21.COc1ncc(-c2ccc3ncc4c(c3c2)C2(CCC2)C(=O)N4C)cc1S(=O)(=NC(=O)C(F)(F)F)c1ccccc1.COc1ncc(Br)cc1S(=O)(=NC(C)=O)c1ccccc1. The molecule has 89 heavy (non-hydrogen) atoms. The lowest BCUT2D eigenvalue weighted by molar-refractivity contribution is -0.169. The second-order valence-electron chi connectivity index (χ2n) is 23.3. The van der Waals surface area contributed by atoms with Gasteiger partial charge in [-0.2, -0.15) is 17.5 Å². The first-order valence-electron chi connectivity index (χ1n) is 28.4. The van der Waals surface area contributed by atoms with E-state index in [1.807, 2.05) is 31.4 Å². The van der Waals surface area contributed by atoms with Gasteiger partial charge in [0.05, 0.1) is 80.8 Å². The molecule has 5 aliphatic rings. The third-order valence-electron chi connectivity index (χ3n) is 17.5. The molecule has 4 aromatic carbocycles. The van der Waals surface area contributed by atoms with Crippen molar-refractivity contribution in [1.82, 2.24) is 19.9 Å². The maximum Gasteiger partial charge on any atom is 0.494 e. The summed E-state index contributed by atoms with van der Waals surface area (Å²) in [5, 5.41) is 1.83. The standard InChI is InChI=1S/C29H23F3N4O4S.C21H25BN2O3.C14H13BrN2O3S/c1-36-22-16-33-21-10-9-17(13-20(21)24(22)28(27(36)38)11-6-12-28)18-14-23(25(40-2)34-15-18)41(39,19-7-4-3-5-8-19)35-26(37)29(30,31)32;1-19(2)20(3,4)27-22(26-19)13-7-8-15-14(11-13)17-16(12-23-15)24(5)18(25)21(17)9-6-10-21;1-10(18)17-21(19,12-6-4-3-5-7-12)13-8-11(15)9-16-14(13)20-2/h3-5,7-10,13-16H,6,11-12H2,1-2H3;7-8,11-12H,6,9-10H2,1-5H3;3-9H,1-2H3. The molecular formula is C64H61BBrF3N8O10S2. The Bertz CT molecular complexity index is 4480. The van der Waals surface area contributed by atoms with E-state index in [1.54, 1.807) is 77.6 Å². The Hall–Kier alpha value is -7.97.